The highest BCUT2D eigenvalue weighted by Gasteiger charge is 2.45. The number of nitrogens with one attached hydrogen (secondary N) is 1. The minimum atomic E-state index is -0.763. The molecule has 1 aliphatic rings. The van der Waals surface area contributed by atoms with E-state index in [0.29, 0.717) is 13.2 Å². The van der Waals surface area contributed by atoms with Crippen molar-refractivity contribution in [2.45, 2.75) is 18.8 Å². The SMILES string of the molecule is CC(CC(=O)O)C1(c2ccc3nc[nH]c3c2)COC1. The van der Waals surface area contributed by atoms with Gasteiger partial charge in [0.25, 0.3) is 0 Å². The van der Waals surface area contributed by atoms with Gasteiger partial charge in [0.15, 0.2) is 0 Å². The summed E-state index contributed by atoms with van der Waals surface area (Å²) < 4.78 is 5.37. The van der Waals surface area contributed by atoms with Crippen LogP contribution in [-0.4, -0.2) is 34.3 Å². The number of aromatic amines is 1. The lowest BCUT2D eigenvalue weighted by Gasteiger charge is -2.46. The van der Waals surface area contributed by atoms with Gasteiger partial charge in [0.1, 0.15) is 0 Å². The largest absolute Gasteiger partial charge is 0.481 e. The molecule has 0 amide bonds. The van der Waals surface area contributed by atoms with Gasteiger partial charge in [-0.3, -0.25) is 4.79 Å². The van der Waals surface area contributed by atoms with Gasteiger partial charge in [-0.2, -0.15) is 0 Å². The Morgan fingerprint density at radius 3 is 3.00 bits per heavy atom. The number of carboxylic acid groups (broad SMARTS) is 1. The van der Waals surface area contributed by atoms with Gasteiger partial charge in [-0.15, -0.1) is 0 Å². The molecule has 1 aromatic heterocycles. The number of carbonyl (C=O) groups is 1. The standard InChI is InChI=1S/C14H16N2O3/c1-9(4-13(17)18)14(6-19-7-14)10-2-3-11-12(5-10)16-8-15-11/h2-3,5,8-9H,4,6-7H2,1H3,(H,15,16)(H,17,18). The molecule has 3 rings (SSSR count). The molecule has 0 bridgehead atoms. The minimum Gasteiger partial charge on any atom is -0.481 e. The van der Waals surface area contributed by atoms with Crippen molar-refractivity contribution in [3.63, 3.8) is 0 Å². The summed E-state index contributed by atoms with van der Waals surface area (Å²) >= 11 is 0. The number of benzene rings is 1. The molecule has 1 unspecified atom stereocenters. The zero-order valence-electron chi connectivity index (χ0n) is 10.7. The maximum atomic E-state index is 10.9. The number of carboxylic acids is 1. The quantitative estimate of drug-likeness (QED) is 0.881. The molecular formula is C14H16N2O3. The van der Waals surface area contributed by atoms with Crippen LogP contribution in [0.2, 0.25) is 0 Å². The van der Waals surface area contributed by atoms with Crippen molar-refractivity contribution in [1.82, 2.24) is 9.97 Å². The van der Waals surface area contributed by atoms with Crippen molar-refractivity contribution in [3.05, 3.63) is 30.1 Å². The number of aliphatic carboxylic acids is 1. The van der Waals surface area contributed by atoms with Gasteiger partial charge < -0.3 is 14.8 Å². The van der Waals surface area contributed by atoms with E-state index in [1.807, 2.05) is 19.1 Å². The van der Waals surface area contributed by atoms with E-state index in [4.69, 9.17) is 9.84 Å². The molecule has 2 aromatic rings. The smallest absolute Gasteiger partial charge is 0.303 e. The summed E-state index contributed by atoms with van der Waals surface area (Å²) in [6, 6.07) is 6.06. The molecule has 100 valence electrons. The highest BCUT2D eigenvalue weighted by atomic mass is 16.5. The normalized spacial score (nSPS) is 19.0. The van der Waals surface area contributed by atoms with E-state index >= 15 is 0 Å². The Morgan fingerprint density at radius 1 is 1.58 bits per heavy atom. The second-order valence-electron chi connectivity index (χ2n) is 5.28. The first-order chi connectivity index (χ1) is 9.12. The third-order valence-electron chi connectivity index (χ3n) is 4.14. The molecule has 1 fully saturated rings. The first-order valence-electron chi connectivity index (χ1n) is 6.35. The predicted octanol–water partition coefficient (Wildman–Crippen LogP) is 1.94. The lowest BCUT2D eigenvalue weighted by molar-refractivity contribution is -0.142. The molecule has 2 N–H and O–H groups in total. The van der Waals surface area contributed by atoms with Crippen molar-refractivity contribution < 1.29 is 14.6 Å². The van der Waals surface area contributed by atoms with Gasteiger partial charge in [-0.05, 0) is 23.6 Å². The van der Waals surface area contributed by atoms with Crippen LogP contribution in [0.4, 0.5) is 0 Å². The van der Waals surface area contributed by atoms with Gasteiger partial charge in [0.2, 0.25) is 0 Å². The number of imidazole rings is 1. The van der Waals surface area contributed by atoms with Crippen LogP contribution in [-0.2, 0) is 14.9 Å². The molecular weight excluding hydrogens is 244 g/mol. The third-order valence-corrected chi connectivity index (χ3v) is 4.14. The summed E-state index contributed by atoms with van der Waals surface area (Å²) in [5, 5.41) is 9.00. The first-order valence-corrected chi connectivity index (χ1v) is 6.35. The molecule has 2 heterocycles. The van der Waals surface area contributed by atoms with Gasteiger partial charge in [-0.25, -0.2) is 4.98 Å². The van der Waals surface area contributed by atoms with E-state index in [1.54, 1.807) is 6.33 Å². The average molecular weight is 260 g/mol. The number of nitrogens with zero attached hydrogens (tertiary/aromatic N) is 1. The van der Waals surface area contributed by atoms with E-state index in [-0.39, 0.29) is 17.8 Å². The maximum absolute atomic E-state index is 10.9. The second-order valence-corrected chi connectivity index (χ2v) is 5.28. The predicted molar refractivity (Wildman–Crippen MR) is 70.0 cm³/mol. The molecule has 0 radical (unpaired) electrons. The fourth-order valence-corrected chi connectivity index (χ4v) is 2.76. The summed E-state index contributed by atoms with van der Waals surface area (Å²) in [6.07, 6.45) is 1.82. The van der Waals surface area contributed by atoms with Crippen LogP contribution in [0.1, 0.15) is 18.9 Å². The number of ether oxygens (including phenoxy) is 1. The van der Waals surface area contributed by atoms with Crippen molar-refractivity contribution >= 4 is 17.0 Å². The van der Waals surface area contributed by atoms with Crippen LogP contribution in [0.15, 0.2) is 24.5 Å². The first kappa shape index (κ1) is 12.2. The molecule has 5 heteroatoms. The van der Waals surface area contributed by atoms with Crippen molar-refractivity contribution in [1.29, 1.82) is 0 Å². The lowest BCUT2D eigenvalue weighted by Crippen LogP contribution is -2.52. The van der Waals surface area contributed by atoms with E-state index in [0.717, 1.165) is 16.6 Å². The Bertz CT molecular complexity index is 616. The zero-order chi connectivity index (χ0) is 13.5. The van der Waals surface area contributed by atoms with E-state index in [1.165, 1.54) is 0 Å². The van der Waals surface area contributed by atoms with Crippen LogP contribution >= 0.6 is 0 Å². The third kappa shape index (κ3) is 1.90. The molecule has 1 aromatic carbocycles. The van der Waals surface area contributed by atoms with E-state index in [2.05, 4.69) is 16.0 Å². The molecule has 0 saturated carbocycles. The Balaban J connectivity index is 1.98. The molecule has 0 spiro atoms. The Hall–Kier alpha value is -1.88. The second kappa shape index (κ2) is 4.35. The summed E-state index contributed by atoms with van der Waals surface area (Å²) in [6.45, 7) is 3.15. The molecule has 0 aliphatic carbocycles. The number of rotatable bonds is 4. The van der Waals surface area contributed by atoms with Crippen molar-refractivity contribution in [3.8, 4) is 0 Å². The van der Waals surface area contributed by atoms with Crippen LogP contribution in [0.25, 0.3) is 11.0 Å². The van der Waals surface area contributed by atoms with Crippen molar-refractivity contribution in [2.24, 2.45) is 5.92 Å². The maximum Gasteiger partial charge on any atom is 0.303 e. The Kier molecular flexibility index (Phi) is 2.78. The van der Waals surface area contributed by atoms with Gasteiger partial charge in [0.05, 0.1) is 30.6 Å². The number of hydrogen-bond acceptors (Lipinski definition) is 3. The topological polar surface area (TPSA) is 75.2 Å². The molecule has 19 heavy (non-hydrogen) atoms. The summed E-state index contributed by atoms with van der Waals surface area (Å²) in [4.78, 5) is 18.2. The monoisotopic (exact) mass is 260 g/mol. The molecule has 1 atom stereocenters. The molecule has 5 nitrogen and oxygen atoms in total. The van der Waals surface area contributed by atoms with Gasteiger partial charge in [0, 0.05) is 11.8 Å². The van der Waals surface area contributed by atoms with E-state index < -0.39 is 5.97 Å². The summed E-state index contributed by atoms with van der Waals surface area (Å²) in [5.74, 6) is -0.722. The highest BCUT2D eigenvalue weighted by Crippen LogP contribution is 2.41. The van der Waals surface area contributed by atoms with Crippen molar-refractivity contribution in [2.75, 3.05) is 13.2 Å². The number of hydrogen-bond donors (Lipinski definition) is 2. The molecule has 1 saturated heterocycles. The summed E-state index contributed by atoms with van der Waals surface area (Å²) in [7, 11) is 0. The number of H-pyrrole nitrogens is 1. The van der Waals surface area contributed by atoms with E-state index in [9.17, 15) is 4.79 Å². The average Bonchev–Trinajstić information content (AvgIpc) is 2.73. The van der Waals surface area contributed by atoms with Crippen LogP contribution in [0.3, 0.4) is 0 Å². The highest BCUT2D eigenvalue weighted by molar-refractivity contribution is 5.75. The van der Waals surface area contributed by atoms with Gasteiger partial charge >= 0.3 is 5.97 Å². The summed E-state index contributed by atoms with van der Waals surface area (Å²) in [5.41, 5.74) is 2.85. The number of fused-ring (bicyclic) bond motifs is 1. The minimum absolute atomic E-state index is 0.0409. The van der Waals surface area contributed by atoms with Crippen LogP contribution < -0.4 is 0 Å². The lowest BCUT2D eigenvalue weighted by atomic mass is 9.68. The van der Waals surface area contributed by atoms with Crippen LogP contribution in [0, 0.1) is 5.92 Å². The fraction of sp³-hybridized carbons (Fsp3) is 0.429. The van der Waals surface area contributed by atoms with Crippen LogP contribution in [0.5, 0.6) is 0 Å². The Morgan fingerprint density at radius 2 is 2.37 bits per heavy atom. The van der Waals surface area contributed by atoms with Gasteiger partial charge in [-0.1, -0.05) is 13.0 Å². The molecule has 1 aliphatic heterocycles. The Labute approximate surface area is 110 Å². The fourth-order valence-electron chi connectivity index (χ4n) is 2.76. The number of aromatic nitrogens is 2. The zero-order valence-corrected chi connectivity index (χ0v) is 10.7.